The van der Waals surface area contributed by atoms with Crippen LogP contribution in [-0.2, 0) is 11.2 Å². The number of carbonyl (C=O) groups is 1. The Hall–Kier alpha value is -2.78. The van der Waals surface area contributed by atoms with Crippen LogP contribution < -0.4 is 20.7 Å². The van der Waals surface area contributed by atoms with Gasteiger partial charge in [-0.05, 0) is 81.4 Å². The first-order chi connectivity index (χ1) is 18.0. The van der Waals surface area contributed by atoms with Crippen LogP contribution in [0, 0.1) is 12.8 Å². The van der Waals surface area contributed by atoms with Gasteiger partial charge in [-0.3, -0.25) is 5.32 Å². The number of hydrogen-bond acceptors (Lipinski definition) is 5. The maximum Gasteiger partial charge on any atom is 0.324 e. The van der Waals surface area contributed by atoms with E-state index in [4.69, 9.17) is 37.8 Å². The summed E-state index contributed by atoms with van der Waals surface area (Å²) in [5.41, 5.74) is 3.03. The van der Waals surface area contributed by atoms with E-state index in [1.165, 1.54) is 0 Å². The van der Waals surface area contributed by atoms with E-state index in [1.54, 1.807) is 23.9 Å². The largest absolute Gasteiger partial charge is 0.476 e. The van der Waals surface area contributed by atoms with Crippen molar-refractivity contribution < 1.29 is 14.3 Å². The van der Waals surface area contributed by atoms with Gasteiger partial charge < -0.3 is 20.1 Å². The Labute approximate surface area is 227 Å². The molecule has 1 aliphatic rings. The Kier molecular flexibility index (Phi) is 9.68. The number of carbonyl (C=O) groups excluding carboxylic acids is 1. The zero-order valence-electron chi connectivity index (χ0n) is 21.2. The van der Waals surface area contributed by atoms with Crippen LogP contribution in [-0.4, -0.2) is 49.2 Å². The van der Waals surface area contributed by atoms with Crippen LogP contribution in [0.5, 0.6) is 5.88 Å². The summed E-state index contributed by atoms with van der Waals surface area (Å²) in [6.07, 6.45) is 3.60. The molecule has 0 bridgehead atoms. The van der Waals surface area contributed by atoms with E-state index in [9.17, 15) is 4.79 Å². The molecule has 2 heterocycles. The van der Waals surface area contributed by atoms with Crippen molar-refractivity contribution >= 4 is 40.7 Å². The summed E-state index contributed by atoms with van der Waals surface area (Å²) in [4.78, 5) is 13.2. The smallest absolute Gasteiger partial charge is 0.324 e. The van der Waals surface area contributed by atoms with Gasteiger partial charge in [0, 0.05) is 19.4 Å². The number of amides is 2. The minimum atomic E-state index is -0.420. The zero-order chi connectivity index (χ0) is 26.2. The first kappa shape index (κ1) is 27.3. The number of para-hydroxylation sites is 1. The number of anilines is 2. The lowest BCUT2D eigenvalue weighted by Gasteiger charge is -2.22. The molecule has 0 radical (unpaired) electrons. The highest BCUT2D eigenvalue weighted by atomic mass is 35.5. The van der Waals surface area contributed by atoms with Crippen molar-refractivity contribution in [1.82, 2.24) is 15.1 Å². The highest BCUT2D eigenvalue weighted by Crippen LogP contribution is 2.32. The van der Waals surface area contributed by atoms with Crippen LogP contribution in [0.15, 0.2) is 42.5 Å². The van der Waals surface area contributed by atoms with Crippen LogP contribution in [0.1, 0.15) is 30.4 Å². The van der Waals surface area contributed by atoms with Gasteiger partial charge >= 0.3 is 6.03 Å². The lowest BCUT2D eigenvalue weighted by molar-refractivity contribution is 0.195. The number of halogens is 2. The first-order valence-corrected chi connectivity index (χ1v) is 13.2. The second-order valence-electron chi connectivity index (χ2n) is 9.13. The van der Waals surface area contributed by atoms with E-state index < -0.39 is 6.03 Å². The van der Waals surface area contributed by atoms with Crippen LogP contribution in [0.2, 0.25) is 10.0 Å². The highest BCUT2D eigenvalue weighted by Gasteiger charge is 2.22. The van der Waals surface area contributed by atoms with E-state index in [1.807, 2.05) is 37.3 Å². The fourth-order valence-electron chi connectivity index (χ4n) is 4.34. The SMILES string of the molecule is COCCCc1cc(Cl)c(Cl)cc1NC(=O)Nc1c(C)c(OCC2CCNCC2)nn1-c1ccccc1. The quantitative estimate of drug-likeness (QED) is 0.268. The summed E-state index contributed by atoms with van der Waals surface area (Å²) >= 11 is 12.5. The molecule has 37 heavy (non-hydrogen) atoms. The van der Waals surface area contributed by atoms with Crippen molar-refractivity contribution in [3.63, 3.8) is 0 Å². The number of aromatic nitrogens is 2. The number of rotatable bonds is 10. The summed E-state index contributed by atoms with van der Waals surface area (Å²) in [7, 11) is 1.66. The fraction of sp³-hybridized carbons (Fsp3) is 0.407. The van der Waals surface area contributed by atoms with Crippen molar-refractivity contribution in [2.24, 2.45) is 5.92 Å². The number of aryl methyl sites for hydroxylation is 1. The Bertz CT molecular complexity index is 1200. The average Bonchev–Trinajstić information content (AvgIpc) is 3.21. The number of urea groups is 1. The standard InChI is InChI=1S/C27H33Cl2N5O3/c1-18-25(32-27(35)31-24-16-23(29)22(28)15-20(24)7-6-14-36-2)34(21-8-4-3-5-9-21)33-26(18)37-17-19-10-12-30-13-11-19/h3-5,8-9,15-16,19,30H,6-7,10-14,17H2,1-2H3,(H2,31,32,35). The number of benzene rings is 2. The van der Waals surface area contributed by atoms with Gasteiger partial charge in [0.2, 0.25) is 5.88 Å². The molecule has 3 aromatic rings. The number of piperidine rings is 1. The minimum Gasteiger partial charge on any atom is -0.476 e. The summed E-state index contributed by atoms with van der Waals surface area (Å²) in [6, 6.07) is 12.7. The van der Waals surface area contributed by atoms with Crippen molar-refractivity contribution in [2.45, 2.75) is 32.6 Å². The van der Waals surface area contributed by atoms with Gasteiger partial charge in [0.1, 0.15) is 5.82 Å². The summed E-state index contributed by atoms with van der Waals surface area (Å²) in [5.74, 6) is 1.52. The van der Waals surface area contributed by atoms with E-state index in [0.717, 1.165) is 49.2 Å². The monoisotopic (exact) mass is 545 g/mol. The molecule has 8 nitrogen and oxygen atoms in total. The van der Waals surface area contributed by atoms with Crippen molar-refractivity contribution in [2.75, 3.05) is 44.0 Å². The Morgan fingerprint density at radius 3 is 2.59 bits per heavy atom. The number of hydrogen-bond donors (Lipinski definition) is 3. The van der Waals surface area contributed by atoms with Gasteiger partial charge in [0.15, 0.2) is 0 Å². The third-order valence-corrected chi connectivity index (χ3v) is 7.14. The lowest BCUT2D eigenvalue weighted by Crippen LogP contribution is -2.30. The van der Waals surface area contributed by atoms with Crippen molar-refractivity contribution in [3.8, 4) is 11.6 Å². The number of ether oxygens (including phenoxy) is 2. The van der Waals surface area contributed by atoms with Crippen LogP contribution in [0.4, 0.5) is 16.3 Å². The molecule has 1 aliphatic heterocycles. The van der Waals surface area contributed by atoms with Crippen molar-refractivity contribution in [1.29, 1.82) is 0 Å². The summed E-state index contributed by atoms with van der Waals surface area (Å²) < 4.78 is 13.0. The van der Waals surface area contributed by atoms with Crippen LogP contribution in [0.3, 0.4) is 0 Å². The van der Waals surface area contributed by atoms with Gasteiger partial charge in [-0.1, -0.05) is 41.4 Å². The molecule has 0 spiro atoms. The predicted molar refractivity (Wildman–Crippen MR) is 149 cm³/mol. The molecule has 10 heteroatoms. The van der Waals surface area contributed by atoms with E-state index in [2.05, 4.69) is 16.0 Å². The molecule has 198 valence electrons. The third kappa shape index (κ3) is 7.17. The molecular weight excluding hydrogens is 513 g/mol. The predicted octanol–water partition coefficient (Wildman–Crippen LogP) is 6.09. The zero-order valence-corrected chi connectivity index (χ0v) is 22.7. The molecular formula is C27H33Cl2N5O3. The molecule has 1 saturated heterocycles. The minimum absolute atomic E-state index is 0.367. The van der Waals surface area contributed by atoms with Crippen LogP contribution >= 0.6 is 23.2 Å². The second-order valence-corrected chi connectivity index (χ2v) is 9.94. The molecule has 1 fully saturated rings. The molecule has 1 aromatic heterocycles. The molecule has 0 atom stereocenters. The summed E-state index contributed by atoms with van der Waals surface area (Å²) in [6.45, 7) is 5.09. The Balaban J connectivity index is 1.55. The third-order valence-electron chi connectivity index (χ3n) is 6.41. The van der Waals surface area contributed by atoms with Gasteiger partial charge in [0.25, 0.3) is 0 Å². The number of methoxy groups -OCH3 is 1. The number of nitrogens with one attached hydrogen (secondary N) is 3. The Morgan fingerprint density at radius 1 is 1.14 bits per heavy atom. The van der Waals surface area contributed by atoms with Crippen molar-refractivity contribution in [3.05, 3.63) is 63.6 Å². The molecule has 0 aliphatic carbocycles. The van der Waals surface area contributed by atoms with Gasteiger partial charge in [-0.2, -0.15) is 0 Å². The Morgan fingerprint density at radius 2 is 1.86 bits per heavy atom. The topological polar surface area (TPSA) is 89.4 Å². The van der Waals surface area contributed by atoms with E-state index in [-0.39, 0.29) is 0 Å². The van der Waals surface area contributed by atoms with Gasteiger partial charge in [-0.15, -0.1) is 5.10 Å². The molecule has 3 N–H and O–H groups in total. The molecule has 2 amide bonds. The molecule has 0 saturated carbocycles. The normalized spacial score (nSPS) is 13.9. The fourth-order valence-corrected chi connectivity index (χ4v) is 4.69. The first-order valence-electron chi connectivity index (χ1n) is 12.5. The summed E-state index contributed by atoms with van der Waals surface area (Å²) in [5, 5.41) is 14.8. The number of nitrogens with zero attached hydrogens (tertiary/aromatic N) is 2. The van der Waals surface area contributed by atoms with E-state index in [0.29, 0.717) is 53.0 Å². The highest BCUT2D eigenvalue weighted by molar-refractivity contribution is 6.42. The molecule has 0 unspecified atom stereocenters. The maximum atomic E-state index is 13.2. The average molecular weight is 546 g/mol. The molecule has 2 aromatic carbocycles. The second kappa shape index (κ2) is 13.1. The van der Waals surface area contributed by atoms with Gasteiger partial charge in [0.05, 0.1) is 27.9 Å². The van der Waals surface area contributed by atoms with E-state index >= 15 is 0 Å². The van der Waals surface area contributed by atoms with Gasteiger partial charge in [-0.25, -0.2) is 9.48 Å². The lowest BCUT2D eigenvalue weighted by atomic mass is 9.99. The van der Waals surface area contributed by atoms with Crippen LogP contribution in [0.25, 0.3) is 5.69 Å². The molecule has 4 rings (SSSR count). The maximum absolute atomic E-state index is 13.2.